The number of pyridine rings is 1. The smallest absolute Gasteiger partial charge is 0.253 e. The number of carbonyl (C=O) groups excluding carboxylic acids is 1. The lowest BCUT2D eigenvalue weighted by Crippen LogP contribution is -2.61. The fourth-order valence-electron chi connectivity index (χ4n) is 1.94. The van der Waals surface area contributed by atoms with Gasteiger partial charge >= 0.3 is 0 Å². The third-order valence-electron chi connectivity index (χ3n) is 3.54. The third-order valence-corrected chi connectivity index (χ3v) is 3.84. The molecule has 0 aromatic carbocycles. The molecule has 1 aromatic heterocycles. The Labute approximate surface area is 105 Å². The first-order valence-electron chi connectivity index (χ1n) is 5.51. The number of aromatic nitrogens is 1. The van der Waals surface area contributed by atoms with Gasteiger partial charge in [-0.3, -0.25) is 9.78 Å². The van der Waals surface area contributed by atoms with E-state index in [2.05, 4.69) is 10.3 Å². The minimum atomic E-state index is -0.360. The summed E-state index contributed by atoms with van der Waals surface area (Å²) in [5, 5.41) is 12.8. The van der Waals surface area contributed by atoms with E-state index < -0.39 is 0 Å². The highest BCUT2D eigenvalue weighted by atomic mass is 35.5. The highest BCUT2D eigenvalue weighted by Gasteiger charge is 2.48. The zero-order chi connectivity index (χ0) is 12.6. The number of aliphatic hydroxyl groups excluding tert-OH is 1. The van der Waals surface area contributed by atoms with Crippen molar-refractivity contribution in [2.75, 3.05) is 0 Å². The highest BCUT2D eigenvalue weighted by Crippen LogP contribution is 2.40. The van der Waals surface area contributed by atoms with E-state index in [1.54, 1.807) is 6.07 Å². The fourth-order valence-corrected chi connectivity index (χ4v) is 2.15. The Morgan fingerprint density at radius 1 is 1.65 bits per heavy atom. The molecule has 1 heterocycles. The van der Waals surface area contributed by atoms with Gasteiger partial charge in [0.25, 0.3) is 5.91 Å². The van der Waals surface area contributed by atoms with Crippen LogP contribution in [0.5, 0.6) is 0 Å². The van der Waals surface area contributed by atoms with Crippen LogP contribution in [0.25, 0.3) is 0 Å². The first-order valence-corrected chi connectivity index (χ1v) is 5.89. The summed E-state index contributed by atoms with van der Waals surface area (Å²) in [4.78, 5) is 15.8. The van der Waals surface area contributed by atoms with Crippen molar-refractivity contribution in [3.8, 4) is 0 Å². The maximum Gasteiger partial charge on any atom is 0.253 e. The number of rotatable bonds is 2. The van der Waals surface area contributed by atoms with Crippen LogP contribution in [0, 0.1) is 5.41 Å². The average molecular weight is 255 g/mol. The molecular formula is C12H15ClN2O2. The molecule has 2 unspecified atom stereocenters. The monoisotopic (exact) mass is 254 g/mol. The maximum absolute atomic E-state index is 12.0. The van der Waals surface area contributed by atoms with Gasteiger partial charge in [0.2, 0.25) is 0 Å². The van der Waals surface area contributed by atoms with E-state index in [4.69, 9.17) is 11.6 Å². The van der Waals surface area contributed by atoms with Gasteiger partial charge in [-0.1, -0.05) is 25.4 Å². The number of nitrogens with one attached hydrogen (secondary N) is 1. The summed E-state index contributed by atoms with van der Waals surface area (Å²) in [5.74, 6) is -0.220. The standard InChI is InChI=1S/C12H15ClN2O2/c1-12(2)9(5-10(12)16)15-11(17)7-3-4-14-6-8(7)13/h3-4,6,9-10,16H,5H2,1-2H3,(H,15,17). The Bertz CT molecular complexity index is 448. The SMILES string of the molecule is CC1(C)C(O)CC1NC(=O)c1ccncc1Cl. The van der Waals surface area contributed by atoms with Crippen LogP contribution in [-0.4, -0.2) is 28.1 Å². The second-order valence-electron chi connectivity index (χ2n) is 4.95. The fraction of sp³-hybridized carbons (Fsp3) is 0.500. The van der Waals surface area contributed by atoms with E-state index >= 15 is 0 Å². The molecule has 2 rings (SSSR count). The second kappa shape index (κ2) is 4.27. The summed E-state index contributed by atoms with van der Waals surface area (Å²) in [6.45, 7) is 3.86. The van der Waals surface area contributed by atoms with Crippen molar-refractivity contribution < 1.29 is 9.90 Å². The second-order valence-corrected chi connectivity index (χ2v) is 5.36. The molecule has 0 saturated heterocycles. The van der Waals surface area contributed by atoms with Crippen LogP contribution >= 0.6 is 11.6 Å². The van der Waals surface area contributed by atoms with Crippen LogP contribution in [0.15, 0.2) is 18.5 Å². The van der Waals surface area contributed by atoms with Gasteiger partial charge in [0.15, 0.2) is 0 Å². The molecule has 2 N–H and O–H groups in total. The Balaban J connectivity index is 2.07. The van der Waals surface area contributed by atoms with Gasteiger partial charge in [0.1, 0.15) is 0 Å². The normalized spacial score (nSPS) is 26.1. The van der Waals surface area contributed by atoms with Gasteiger partial charge in [-0.25, -0.2) is 0 Å². The zero-order valence-corrected chi connectivity index (χ0v) is 10.5. The first-order chi connectivity index (χ1) is 7.93. The van der Waals surface area contributed by atoms with Crippen LogP contribution in [0.1, 0.15) is 30.6 Å². The minimum absolute atomic E-state index is 0.0192. The third kappa shape index (κ3) is 2.15. The summed E-state index contributed by atoms with van der Waals surface area (Å²) in [6.07, 6.45) is 3.20. The van der Waals surface area contributed by atoms with E-state index in [1.165, 1.54) is 12.4 Å². The molecule has 0 aliphatic heterocycles. The molecule has 0 spiro atoms. The quantitative estimate of drug-likeness (QED) is 0.843. The van der Waals surface area contributed by atoms with Gasteiger partial charge in [-0.15, -0.1) is 0 Å². The van der Waals surface area contributed by atoms with E-state index in [9.17, 15) is 9.90 Å². The van der Waals surface area contributed by atoms with Gasteiger partial charge < -0.3 is 10.4 Å². The van der Waals surface area contributed by atoms with Gasteiger partial charge in [0.05, 0.1) is 16.7 Å². The average Bonchev–Trinajstić information content (AvgIpc) is 2.29. The van der Waals surface area contributed by atoms with Gasteiger partial charge in [-0.05, 0) is 12.5 Å². The molecule has 1 aliphatic carbocycles. The van der Waals surface area contributed by atoms with Crippen LogP contribution in [0.2, 0.25) is 5.02 Å². The van der Waals surface area contributed by atoms with Crippen molar-refractivity contribution >= 4 is 17.5 Å². The molecule has 1 fully saturated rings. The lowest BCUT2D eigenvalue weighted by atomic mass is 9.64. The molecule has 0 bridgehead atoms. The molecule has 1 saturated carbocycles. The molecule has 1 aliphatic rings. The highest BCUT2D eigenvalue weighted by molar-refractivity contribution is 6.33. The lowest BCUT2D eigenvalue weighted by Gasteiger charge is -2.49. The van der Waals surface area contributed by atoms with E-state index in [1.807, 2.05) is 13.8 Å². The number of halogens is 1. The number of nitrogens with zero attached hydrogens (tertiary/aromatic N) is 1. The van der Waals surface area contributed by atoms with Crippen molar-refractivity contribution in [2.24, 2.45) is 5.41 Å². The Morgan fingerprint density at radius 3 is 2.88 bits per heavy atom. The molecule has 2 atom stereocenters. The minimum Gasteiger partial charge on any atom is -0.392 e. The molecule has 5 heteroatoms. The summed E-state index contributed by atoms with van der Waals surface area (Å²) in [7, 11) is 0. The van der Waals surface area contributed by atoms with Crippen molar-refractivity contribution in [2.45, 2.75) is 32.4 Å². The van der Waals surface area contributed by atoms with Crippen LogP contribution in [0.3, 0.4) is 0 Å². The molecular weight excluding hydrogens is 240 g/mol. The summed E-state index contributed by atoms with van der Waals surface area (Å²) in [6, 6.07) is 1.56. The number of aliphatic hydroxyl groups is 1. The topological polar surface area (TPSA) is 62.2 Å². The number of hydrogen-bond acceptors (Lipinski definition) is 3. The lowest BCUT2D eigenvalue weighted by molar-refractivity contribution is -0.0689. The predicted octanol–water partition coefficient (Wildman–Crippen LogP) is 1.62. The van der Waals surface area contributed by atoms with Crippen molar-refractivity contribution in [3.63, 3.8) is 0 Å². The molecule has 4 nitrogen and oxygen atoms in total. The molecule has 92 valence electrons. The number of amides is 1. The summed E-state index contributed by atoms with van der Waals surface area (Å²) < 4.78 is 0. The van der Waals surface area contributed by atoms with E-state index in [0.29, 0.717) is 17.0 Å². The largest absolute Gasteiger partial charge is 0.392 e. The molecule has 0 radical (unpaired) electrons. The van der Waals surface area contributed by atoms with Crippen LogP contribution < -0.4 is 5.32 Å². The molecule has 1 aromatic rings. The summed E-state index contributed by atoms with van der Waals surface area (Å²) in [5.41, 5.74) is 0.133. The zero-order valence-electron chi connectivity index (χ0n) is 9.77. The Hall–Kier alpha value is -1.13. The first kappa shape index (κ1) is 12.3. The number of carbonyl (C=O) groups is 1. The van der Waals surface area contributed by atoms with Gasteiger partial charge in [0, 0.05) is 23.9 Å². The predicted molar refractivity (Wildman–Crippen MR) is 64.9 cm³/mol. The number of hydrogen-bond donors (Lipinski definition) is 2. The maximum atomic E-state index is 12.0. The Kier molecular flexibility index (Phi) is 3.10. The van der Waals surface area contributed by atoms with Crippen molar-refractivity contribution in [1.29, 1.82) is 0 Å². The summed E-state index contributed by atoms with van der Waals surface area (Å²) >= 11 is 5.89. The van der Waals surface area contributed by atoms with Crippen LogP contribution in [0.4, 0.5) is 0 Å². The molecule has 17 heavy (non-hydrogen) atoms. The van der Waals surface area contributed by atoms with Crippen molar-refractivity contribution in [3.05, 3.63) is 29.0 Å². The van der Waals surface area contributed by atoms with E-state index in [0.717, 1.165) is 0 Å². The van der Waals surface area contributed by atoms with Crippen LogP contribution in [-0.2, 0) is 0 Å². The molecule has 1 amide bonds. The van der Waals surface area contributed by atoms with E-state index in [-0.39, 0.29) is 23.5 Å². The van der Waals surface area contributed by atoms with Gasteiger partial charge in [-0.2, -0.15) is 0 Å². The Morgan fingerprint density at radius 2 is 2.35 bits per heavy atom. The van der Waals surface area contributed by atoms with Crippen molar-refractivity contribution in [1.82, 2.24) is 10.3 Å².